The number of allylic oxidation sites excluding steroid dienone is 3. The van der Waals surface area contributed by atoms with Gasteiger partial charge in [-0.15, -0.1) is 0 Å². The number of benzene rings is 1. The number of piperazine rings is 1. The Bertz CT molecular complexity index is 1670. The molecule has 1 aromatic rings. The SMILES string of the molecule is C=C(C)[C@@H]1CC[C@]2(NCCN3CCN(C(=O)OC(C)(C)C)CC3)CC[C@]3(C)[C@H](CCC4[C@@]5(C)CC=C(c6ccc(C(=O)OC)cc6)C(C)(C)C5CC[C@]43C)C12. The Labute approximate surface area is 333 Å². The van der Waals surface area contributed by atoms with Crippen molar-refractivity contribution in [2.24, 2.45) is 51.2 Å². The summed E-state index contributed by atoms with van der Waals surface area (Å²) in [4.78, 5) is 29.3. The molecular weight excluding hydrogens is 683 g/mol. The fourth-order valence-electron chi connectivity index (χ4n) is 14.4. The topological polar surface area (TPSA) is 71.1 Å². The second kappa shape index (κ2) is 14.3. The predicted octanol–water partition coefficient (Wildman–Crippen LogP) is 10.0. The third-order valence-corrected chi connectivity index (χ3v) is 17.2. The first-order valence-electron chi connectivity index (χ1n) is 21.8. The smallest absolute Gasteiger partial charge is 0.410 e. The Morgan fingerprint density at radius 2 is 1.56 bits per heavy atom. The molecule has 4 saturated carbocycles. The van der Waals surface area contributed by atoms with Gasteiger partial charge < -0.3 is 19.7 Å². The lowest BCUT2D eigenvalue weighted by molar-refractivity contribution is -0.219. The van der Waals surface area contributed by atoms with E-state index < -0.39 is 5.60 Å². The minimum absolute atomic E-state index is 0.0450. The average Bonchev–Trinajstić information content (AvgIpc) is 3.51. The molecule has 3 unspecified atom stereocenters. The molecule has 7 nitrogen and oxygen atoms in total. The van der Waals surface area contributed by atoms with E-state index in [0.717, 1.165) is 45.7 Å². The summed E-state index contributed by atoms with van der Waals surface area (Å²) in [6.45, 7) is 31.2. The zero-order valence-electron chi connectivity index (χ0n) is 36.1. The molecule has 1 amide bonds. The molecule has 0 spiro atoms. The Morgan fingerprint density at radius 1 is 0.873 bits per heavy atom. The highest BCUT2D eigenvalue weighted by Crippen LogP contribution is 2.76. The van der Waals surface area contributed by atoms with Crippen LogP contribution < -0.4 is 5.32 Å². The molecule has 1 saturated heterocycles. The van der Waals surface area contributed by atoms with Crippen LogP contribution in [0.25, 0.3) is 5.57 Å². The highest BCUT2D eigenvalue weighted by Gasteiger charge is 2.70. The Kier molecular flexibility index (Phi) is 10.6. The van der Waals surface area contributed by atoms with Gasteiger partial charge in [-0.2, -0.15) is 0 Å². The van der Waals surface area contributed by atoms with E-state index >= 15 is 0 Å². The van der Waals surface area contributed by atoms with Crippen molar-refractivity contribution in [3.63, 3.8) is 0 Å². The number of carbonyl (C=O) groups excluding carboxylic acids is 2. The average molecular weight is 756 g/mol. The van der Waals surface area contributed by atoms with E-state index in [-0.39, 0.29) is 28.4 Å². The van der Waals surface area contributed by atoms with E-state index in [0.29, 0.717) is 46.0 Å². The summed E-state index contributed by atoms with van der Waals surface area (Å²) in [7, 11) is 1.45. The minimum Gasteiger partial charge on any atom is -0.465 e. The highest BCUT2D eigenvalue weighted by molar-refractivity contribution is 5.90. The van der Waals surface area contributed by atoms with Crippen LogP contribution >= 0.6 is 0 Å². The maximum absolute atomic E-state index is 12.7. The van der Waals surface area contributed by atoms with Gasteiger partial charge in [-0.3, -0.25) is 4.90 Å². The predicted molar refractivity (Wildman–Crippen MR) is 223 cm³/mol. The number of ether oxygens (including phenoxy) is 2. The number of amides is 1. The van der Waals surface area contributed by atoms with Crippen molar-refractivity contribution in [2.75, 3.05) is 46.4 Å². The van der Waals surface area contributed by atoms with Gasteiger partial charge in [0.05, 0.1) is 12.7 Å². The molecule has 9 atom stereocenters. The molecule has 0 aromatic heterocycles. The van der Waals surface area contributed by atoms with Gasteiger partial charge in [0, 0.05) is 44.8 Å². The summed E-state index contributed by atoms with van der Waals surface area (Å²) >= 11 is 0. The molecule has 0 radical (unpaired) electrons. The third-order valence-electron chi connectivity index (χ3n) is 17.2. The van der Waals surface area contributed by atoms with E-state index in [1.807, 2.05) is 37.8 Å². The number of rotatable bonds is 7. The second-order valence-electron chi connectivity index (χ2n) is 21.2. The van der Waals surface area contributed by atoms with Crippen molar-refractivity contribution in [1.29, 1.82) is 0 Å². The quantitative estimate of drug-likeness (QED) is 0.221. The summed E-state index contributed by atoms with van der Waals surface area (Å²) in [6, 6.07) is 8.13. The standard InChI is InChI=1S/C48H73N3O4/c1-32(2)35-18-23-48(49-26-27-50-28-30-51(31-29-50)42(53)55-43(3,4)5)25-24-46(9)37(40(35)48)16-17-39-45(8)21-19-36(33-12-14-34(15-13-33)41(52)54-11)44(6,7)38(45)20-22-47(39,46)10/h12-15,19,35,37-40,49H,1,16-18,20-31H2,2-11H3/t35-,37+,38?,39?,40?,45-,46+,47+,48-/m0/s1. The van der Waals surface area contributed by atoms with Gasteiger partial charge in [0.2, 0.25) is 0 Å². The number of nitrogens with one attached hydrogen (secondary N) is 1. The lowest BCUT2D eigenvalue weighted by Gasteiger charge is -2.72. The van der Waals surface area contributed by atoms with Gasteiger partial charge in [-0.25, -0.2) is 9.59 Å². The van der Waals surface area contributed by atoms with Crippen LogP contribution in [0, 0.1) is 51.2 Å². The molecule has 6 aliphatic rings. The summed E-state index contributed by atoms with van der Waals surface area (Å²) in [5.41, 5.74) is 5.32. The number of esters is 1. The Morgan fingerprint density at radius 3 is 2.20 bits per heavy atom. The van der Waals surface area contributed by atoms with Gasteiger partial charge in [-0.1, -0.05) is 65.0 Å². The lowest BCUT2D eigenvalue weighted by atomic mass is 9.33. The van der Waals surface area contributed by atoms with Crippen LogP contribution in [-0.4, -0.2) is 79.4 Å². The summed E-state index contributed by atoms with van der Waals surface area (Å²) < 4.78 is 10.6. The summed E-state index contributed by atoms with van der Waals surface area (Å²) in [5, 5.41) is 4.30. The van der Waals surface area contributed by atoms with Gasteiger partial charge in [-0.05, 0) is 160 Å². The molecule has 1 heterocycles. The van der Waals surface area contributed by atoms with E-state index in [1.165, 1.54) is 75.2 Å². The molecule has 1 aliphatic heterocycles. The van der Waals surface area contributed by atoms with Crippen molar-refractivity contribution in [1.82, 2.24) is 15.1 Å². The van der Waals surface area contributed by atoms with E-state index in [9.17, 15) is 9.59 Å². The van der Waals surface area contributed by atoms with E-state index in [4.69, 9.17) is 9.47 Å². The number of hydrogen-bond donors (Lipinski definition) is 1. The molecule has 7 heteroatoms. The number of nitrogens with zero attached hydrogens (tertiary/aromatic N) is 2. The largest absolute Gasteiger partial charge is 0.465 e. The molecule has 5 aliphatic carbocycles. The molecule has 55 heavy (non-hydrogen) atoms. The van der Waals surface area contributed by atoms with Crippen molar-refractivity contribution >= 4 is 17.6 Å². The van der Waals surface area contributed by atoms with E-state index in [2.05, 4.69) is 76.5 Å². The molecular formula is C48H73N3O4. The monoisotopic (exact) mass is 756 g/mol. The summed E-state index contributed by atoms with van der Waals surface area (Å²) in [5.74, 6) is 2.96. The van der Waals surface area contributed by atoms with Gasteiger partial charge >= 0.3 is 12.1 Å². The second-order valence-corrected chi connectivity index (χ2v) is 21.2. The fourth-order valence-corrected chi connectivity index (χ4v) is 14.4. The number of fused-ring (bicyclic) bond motifs is 7. The number of carbonyl (C=O) groups is 2. The minimum atomic E-state index is -0.460. The lowest BCUT2D eigenvalue weighted by Crippen LogP contribution is -2.68. The zero-order chi connectivity index (χ0) is 39.8. The van der Waals surface area contributed by atoms with Crippen LogP contribution in [0.2, 0.25) is 0 Å². The normalized spacial score (nSPS) is 38.5. The molecule has 1 aromatic carbocycles. The van der Waals surface area contributed by atoms with Crippen molar-refractivity contribution < 1.29 is 19.1 Å². The summed E-state index contributed by atoms with van der Waals surface area (Å²) in [6.07, 6.45) is 13.9. The molecule has 7 rings (SSSR count). The van der Waals surface area contributed by atoms with Crippen molar-refractivity contribution in [3.05, 3.63) is 53.6 Å². The first-order chi connectivity index (χ1) is 25.8. The number of methoxy groups -OCH3 is 1. The van der Waals surface area contributed by atoms with Crippen LogP contribution in [0.15, 0.2) is 42.5 Å². The van der Waals surface area contributed by atoms with E-state index in [1.54, 1.807) is 0 Å². The Balaban J connectivity index is 1.07. The molecule has 1 N–H and O–H groups in total. The fraction of sp³-hybridized carbons (Fsp3) is 0.750. The van der Waals surface area contributed by atoms with Crippen LogP contribution in [-0.2, 0) is 9.47 Å². The molecule has 304 valence electrons. The molecule has 5 fully saturated rings. The van der Waals surface area contributed by atoms with Crippen molar-refractivity contribution in [2.45, 2.75) is 131 Å². The first-order valence-corrected chi connectivity index (χ1v) is 21.8. The highest BCUT2D eigenvalue weighted by atomic mass is 16.6. The van der Waals surface area contributed by atoms with Crippen LogP contribution in [0.1, 0.15) is 136 Å². The van der Waals surface area contributed by atoms with Crippen LogP contribution in [0.3, 0.4) is 0 Å². The van der Waals surface area contributed by atoms with Crippen LogP contribution in [0.5, 0.6) is 0 Å². The van der Waals surface area contributed by atoms with Gasteiger partial charge in [0.1, 0.15) is 5.60 Å². The molecule has 0 bridgehead atoms. The Hall–Kier alpha value is -2.64. The van der Waals surface area contributed by atoms with Crippen molar-refractivity contribution in [3.8, 4) is 0 Å². The first kappa shape index (κ1) is 40.6. The maximum atomic E-state index is 12.7. The van der Waals surface area contributed by atoms with Crippen LogP contribution in [0.4, 0.5) is 4.79 Å². The zero-order valence-corrected chi connectivity index (χ0v) is 36.1. The third kappa shape index (κ3) is 6.73. The number of hydrogen-bond acceptors (Lipinski definition) is 6. The van der Waals surface area contributed by atoms with Gasteiger partial charge in [0.25, 0.3) is 0 Å². The van der Waals surface area contributed by atoms with Gasteiger partial charge in [0.15, 0.2) is 0 Å². The maximum Gasteiger partial charge on any atom is 0.410 e.